The van der Waals surface area contributed by atoms with Crippen molar-refractivity contribution in [1.82, 2.24) is 9.88 Å². The van der Waals surface area contributed by atoms with E-state index in [1.807, 2.05) is 0 Å². The van der Waals surface area contributed by atoms with Crippen molar-refractivity contribution in [3.05, 3.63) is 10.7 Å². The van der Waals surface area contributed by atoms with Crippen molar-refractivity contribution in [2.24, 2.45) is 11.8 Å². The Hall–Kier alpha value is -1.84. The molecule has 6 nitrogen and oxygen atoms in total. The Kier molecular flexibility index (Phi) is 4.32. The first kappa shape index (κ1) is 16.5. The molecular weight excluding hydrogens is 323 g/mol. The van der Waals surface area contributed by atoms with E-state index in [2.05, 4.69) is 10.3 Å². The molecular formula is C12H14F3N3O3S. The van der Waals surface area contributed by atoms with Crippen molar-refractivity contribution in [2.45, 2.75) is 20.0 Å². The van der Waals surface area contributed by atoms with Crippen LogP contribution in [0.4, 0.5) is 23.0 Å². The second-order valence-corrected chi connectivity index (χ2v) is 6.28. The SMILES string of the molecule is Cc1nc(C)c(NC(=O)N2C[C@@H](C(F)(F)F)[C@H](C(=O)O)C2)s1. The Balaban J connectivity index is 2.11. The minimum absolute atomic E-state index is 0.449. The van der Waals surface area contributed by atoms with Gasteiger partial charge in [0.1, 0.15) is 5.00 Å². The topological polar surface area (TPSA) is 82.5 Å². The second kappa shape index (κ2) is 5.75. The minimum atomic E-state index is -4.66. The molecule has 10 heteroatoms. The van der Waals surface area contributed by atoms with E-state index in [0.29, 0.717) is 15.7 Å². The van der Waals surface area contributed by atoms with Crippen molar-refractivity contribution >= 4 is 28.3 Å². The summed E-state index contributed by atoms with van der Waals surface area (Å²) in [6, 6.07) is -0.746. The lowest BCUT2D eigenvalue weighted by Crippen LogP contribution is -2.35. The first-order valence-corrected chi connectivity index (χ1v) is 7.20. The van der Waals surface area contributed by atoms with E-state index in [1.54, 1.807) is 13.8 Å². The number of urea groups is 1. The van der Waals surface area contributed by atoms with Gasteiger partial charge in [0.25, 0.3) is 0 Å². The van der Waals surface area contributed by atoms with Crippen LogP contribution in [0.2, 0.25) is 0 Å². The van der Waals surface area contributed by atoms with Crippen LogP contribution in [0, 0.1) is 25.7 Å². The predicted octanol–water partition coefficient (Wildman–Crippen LogP) is 2.49. The summed E-state index contributed by atoms with van der Waals surface area (Å²) in [5.74, 6) is -5.25. The molecule has 0 saturated carbocycles. The quantitative estimate of drug-likeness (QED) is 0.869. The Morgan fingerprint density at radius 2 is 2.00 bits per heavy atom. The number of hydrogen-bond donors (Lipinski definition) is 2. The summed E-state index contributed by atoms with van der Waals surface area (Å²) >= 11 is 1.21. The van der Waals surface area contributed by atoms with E-state index in [1.165, 1.54) is 11.3 Å². The number of halogens is 3. The third-order valence-electron chi connectivity index (χ3n) is 3.47. The molecule has 2 atom stereocenters. The summed E-state index contributed by atoms with van der Waals surface area (Å²) in [6.45, 7) is 2.27. The average molecular weight is 337 g/mol. The molecule has 0 aromatic carbocycles. The van der Waals surface area contributed by atoms with Crippen molar-refractivity contribution in [2.75, 3.05) is 18.4 Å². The van der Waals surface area contributed by atoms with Gasteiger partial charge in [-0.25, -0.2) is 9.78 Å². The van der Waals surface area contributed by atoms with Gasteiger partial charge < -0.3 is 10.0 Å². The minimum Gasteiger partial charge on any atom is -0.481 e. The van der Waals surface area contributed by atoms with Gasteiger partial charge in [0, 0.05) is 13.1 Å². The van der Waals surface area contributed by atoms with E-state index in [4.69, 9.17) is 5.11 Å². The fraction of sp³-hybridized carbons (Fsp3) is 0.583. The van der Waals surface area contributed by atoms with Gasteiger partial charge in [-0.15, -0.1) is 11.3 Å². The van der Waals surface area contributed by atoms with Crippen LogP contribution >= 0.6 is 11.3 Å². The molecule has 1 fully saturated rings. The molecule has 2 rings (SSSR count). The highest BCUT2D eigenvalue weighted by Gasteiger charge is 2.53. The molecule has 0 bridgehead atoms. The number of rotatable bonds is 2. The number of nitrogens with one attached hydrogen (secondary N) is 1. The lowest BCUT2D eigenvalue weighted by molar-refractivity contribution is -0.187. The number of nitrogens with zero attached hydrogens (tertiary/aromatic N) is 2. The largest absolute Gasteiger partial charge is 0.481 e. The number of alkyl halides is 3. The number of amides is 2. The van der Waals surface area contributed by atoms with Gasteiger partial charge in [0.15, 0.2) is 0 Å². The van der Waals surface area contributed by atoms with Crippen LogP contribution in [-0.2, 0) is 4.79 Å². The fourth-order valence-electron chi connectivity index (χ4n) is 2.38. The first-order chi connectivity index (χ1) is 10.1. The molecule has 0 spiro atoms. The van der Waals surface area contributed by atoms with Gasteiger partial charge in [-0.05, 0) is 13.8 Å². The third-order valence-corrected chi connectivity index (χ3v) is 4.46. The molecule has 0 unspecified atom stereocenters. The fourth-order valence-corrected chi connectivity index (χ4v) is 3.18. The van der Waals surface area contributed by atoms with Crippen LogP contribution in [0.3, 0.4) is 0 Å². The van der Waals surface area contributed by atoms with Gasteiger partial charge in [-0.3, -0.25) is 10.1 Å². The zero-order valence-electron chi connectivity index (χ0n) is 11.8. The molecule has 0 radical (unpaired) electrons. The van der Waals surface area contributed by atoms with E-state index >= 15 is 0 Å². The van der Waals surface area contributed by atoms with Gasteiger partial charge in [0.05, 0.1) is 22.5 Å². The number of carbonyl (C=O) groups excluding carboxylic acids is 1. The number of aromatic nitrogens is 1. The van der Waals surface area contributed by atoms with Crippen molar-refractivity contribution in [3.8, 4) is 0 Å². The molecule has 1 aliphatic heterocycles. The zero-order chi connectivity index (χ0) is 16.7. The van der Waals surface area contributed by atoms with Gasteiger partial charge in [-0.1, -0.05) is 0 Å². The Morgan fingerprint density at radius 3 is 2.41 bits per heavy atom. The number of hydrogen-bond acceptors (Lipinski definition) is 4. The highest BCUT2D eigenvalue weighted by molar-refractivity contribution is 7.16. The van der Waals surface area contributed by atoms with Gasteiger partial charge >= 0.3 is 18.2 Å². The Morgan fingerprint density at radius 1 is 1.36 bits per heavy atom. The maximum atomic E-state index is 12.9. The molecule has 122 valence electrons. The van der Waals surface area contributed by atoms with Crippen LogP contribution in [0.25, 0.3) is 0 Å². The zero-order valence-corrected chi connectivity index (χ0v) is 12.6. The lowest BCUT2D eigenvalue weighted by Gasteiger charge is -2.18. The Bertz CT molecular complexity index is 602. The predicted molar refractivity (Wildman–Crippen MR) is 72.9 cm³/mol. The van der Waals surface area contributed by atoms with Crippen LogP contribution < -0.4 is 5.32 Å². The van der Waals surface area contributed by atoms with Crippen molar-refractivity contribution in [3.63, 3.8) is 0 Å². The lowest BCUT2D eigenvalue weighted by atomic mass is 9.96. The molecule has 2 N–H and O–H groups in total. The first-order valence-electron chi connectivity index (χ1n) is 6.39. The molecule has 1 aromatic heterocycles. The number of carboxylic acid groups (broad SMARTS) is 1. The molecule has 2 heterocycles. The van der Waals surface area contributed by atoms with Gasteiger partial charge in [0.2, 0.25) is 0 Å². The summed E-state index contributed by atoms with van der Waals surface area (Å²) in [7, 11) is 0. The average Bonchev–Trinajstić information content (AvgIpc) is 2.93. The van der Waals surface area contributed by atoms with E-state index in [-0.39, 0.29) is 0 Å². The third kappa shape index (κ3) is 3.32. The summed E-state index contributed by atoms with van der Waals surface area (Å²) in [4.78, 5) is 28.0. The highest BCUT2D eigenvalue weighted by Crippen LogP contribution is 2.38. The number of likely N-dealkylation sites (tertiary alicyclic amines) is 1. The number of aliphatic carboxylic acids is 1. The van der Waals surface area contributed by atoms with E-state index in [0.717, 1.165) is 4.90 Å². The van der Waals surface area contributed by atoms with Crippen LogP contribution in [0.5, 0.6) is 0 Å². The number of aryl methyl sites for hydroxylation is 2. The number of anilines is 1. The smallest absolute Gasteiger partial charge is 0.394 e. The maximum absolute atomic E-state index is 12.9. The molecule has 1 aliphatic rings. The highest BCUT2D eigenvalue weighted by atomic mass is 32.1. The molecule has 2 amide bonds. The van der Waals surface area contributed by atoms with Crippen molar-refractivity contribution < 1.29 is 27.9 Å². The number of thiazole rings is 1. The summed E-state index contributed by atoms with van der Waals surface area (Å²) in [6.07, 6.45) is -4.66. The Labute approximate surface area is 127 Å². The monoisotopic (exact) mass is 337 g/mol. The van der Waals surface area contributed by atoms with Crippen LogP contribution in [-0.4, -0.2) is 46.3 Å². The molecule has 1 aromatic rings. The standard InChI is InChI=1S/C12H14F3N3O3S/c1-5-9(22-6(2)16-5)17-11(21)18-3-7(10(19)20)8(4-18)12(13,14)15/h7-8H,3-4H2,1-2H3,(H,17,21)(H,19,20)/t7-,8-/m1/s1. The second-order valence-electron chi connectivity index (χ2n) is 5.08. The van der Waals surface area contributed by atoms with Crippen molar-refractivity contribution in [1.29, 1.82) is 0 Å². The summed E-state index contributed by atoms with van der Waals surface area (Å²) in [5, 5.41) is 12.6. The molecule has 1 saturated heterocycles. The number of carboxylic acids is 1. The summed E-state index contributed by atoms with van der Waals surface area (Å²) < 4.78 is 38.6. The van der Waals surface area contributed by atoms with Crippen LogP contribution in [0.1, 0.15) is 10.7 Å². The maximum Gasteiger partial charge on any atom is 0.394 e. The van der Waals surface area contributed by atoms with Gasteiger partial charge in [-0.2, -0.15) is 13.2 Å². The molecule has 0 aliphatic carbocycles. The normalized spacial score (nSPS) is 22.0. The van der Waals surface area contributed by atoms with E-state index in [9.17, 15) is 22.8 Å². The number of carbonyl (C=O) groups is 2. The summed E-state index contributed by atoms with van der Waals surface area (Å²) in [5.41, 5.74) is 0.567. The van der Waals surface area contributed by atoms with E-state index < -0.39 is 43.1 Å². The van der Waals surface area contributed by atoms with Crippen LogP contribution in [0.15, 0.2) is 0 Å². The molecule has 22 heavy (non-hydrogen) atoms.